The number of nitrogens with zero attached hydrogens (tertiary/aromatic N) is 4. The van der Waals surface area contributed by atoms with E-state index < -0.39 is 11.2 Å². The summed E-state index contributed by atoms with van der Waals surface area (Å²) in [5, 5.41) is 0.575. The van der Waals surface area contributed by atoms with Crippen LogP contribution in [0.5, 0.6) is 0 Å². The summed E-state index contributed by atoms with van der Waals surface area (Å²) < 4.78 is 2.78. The van der Waals surface area contributed by atoms with Gasteiger partial charge in [0.2, 0.25) is 0 Å². The number of halogens is 1. The Hall–Kier alpha value is -4.03. The highest BCUT2D eigenvalue weighted by Crippen LogP contribution is 2.36. The molecule has 0 atom stereocenters. The molecule has 5 rings (SSSR count). The monoisotopic (exact) mass is 440 g/mol. The fourth-order valence-electron chi connectivity index (χ4n) is 3.69. The summed E-state index contributed by atoms with van der Waals surface area (Å²) in [6.45, 7) is 0. The lowest BCUT2D eigenvalue weighted by Crippen LogP contribution is -2.36. The van der Waals surface area contributed by atoms with Crippen LogP contribution in [-0.4, -0.2) is 19.1 Å². The number of hydrogen-bond donors (Lipinski definition) is 0. The van der Waals surface area contributed by atoms with Crippen LogP contribution < -0.4 is 11.2 Å². The van der Waals surface area contributed by atoms with Gasteiger partial charge in [-0.15, -0.1) is 0 Å². The molecule has 156 valence electrons. The maximum atomic E-state index is 13.0. The van der Waals surface area contributed by atoms with Crippen LogP contribution in [0.3, 0.4) is 0 Å². The van der Waals surface area contributed by atoms with Gasteiger partial charge in [0.1, 0.15) is 0 Å². The molecule has 7 heteroatoms. The highest BCUT2D eigenvalue weighted by atomic mass is 35.5. The molecule has 0 radical (unpaired) electrons. The van der Waals surface area contributed by atoms with Crippen molar-refractivity contribution in [3.63, 3.8) is 0 Å². The van der Waals surface area contributed by atoms with E-state index in [1.165, 1.54) is 7.05 Å². The van der Waals surface area contributed by atoms with Gasteiger partial charge in [0.25, 0.3) is 5.56 Å². The van der Waals surface area contributed by atoms with Crippen molar-refractivity contribution in [2.24, 2.45) is 7.05 Å². The van der Waals surface area contributed by atoms with Crippen molar-refractivity contribution in [1.29, 1.82) is 0 Å². The average molecular weight is 441 g/mol. The zero-order valence-corrected chi connectivity index (χ0v) is 17.8. The molecule has 0 unspecified atom stereocenters. The van der Waals surface area contributed by atoms with Gasteiger partial charge in [0.05, 0.1) is 11.4 Å². The lowest BCUT2D eigenvalue weighted by atomic mass is 10.0. The molecule has 3 aromatic rings. The van der Waals surface area contributed by atoms with Crippen LogP contribution >= 0.6 is 11.6 Å². The summed E-state index contributed by atoms with van der Waals surface area (Å²) in [5.41, 5.74) is 2.70. The van der Waals surface area contributed by atoms with Crippen LogP contribution in [0.25, 0.3) is 39.7 Å². The molecule has 0 saturated carbocycles. The summed E-state index contributed by atoms with van der Waals surface area (Å²) in [5.74, 6) is 0.193. The molecule has 0 fully saturated rings. The van der Waals surface area contributed by atoms with Gasteiger partial charge in [-0.2, -0.15) is 4.98 Å². The van der Waals surface area contributed by atoms with Gasteiger partial charge < -0.3 is 0 Å². The molecule has 0 amide bonds. The van der Waals surface area contributed by atoms with Crippen LogP contribution in [0, 0.1) is 0 Å². The van der Waals surface area contributed by atoms with Crippen LogP contribution in [0.15, 0.2) is 94.5 Å². The van der Waals surface area contributed by atoms with Gasteiger partial charge >= 0.3 is 5.69 Å². The van der Waals surface area contributed by atoms with Gasteiger partial charge in [-0.3, -0.25) is 13.9 Å². The van der Waals surface area contributed by atoms with E-state index >= 15 is 0 Å². The van der Waals surface area contributed by atoms with E-state index in [-0.39, 0.29) is 11.5 Å². The molecule has 32 heavy (non-hydrogen) atoms. The van der Waals surface area contributed by atoms with E-state index in [0.29, 0.717) is 22.1 Å². The minimum atomic E-state index is -0.640. The molecule has 0 aliphatic carbocycles. The van der Waals surface area contributed by atoms with Crippen molar-refractivity contribution < 1.29 is 0 Å². The van der Waals surface area contributed by atoms with Crippen LogP contribution in [0.2, 0.25) is 5.02 Å². The summed E-state index contributed by atoms with van der Waals surface area (Å²) >= 11 is 6.13. The first-order chi connectivity index (χ1) is 15.5. The predicted octanol–water partition coefficient (Wildman–Crippen LogP) is 4.42. The Labute approximate surface area is 188 Å². The molecule has 0 spiro atoms. The molecule has 0 saturated heterocycles. The third-order valence-corrected chi connectivity index (χ3v) is 5.52. The van der Waals surface area contributed by atoms with Gasteiger partial charge in [-0.25, -0.2) is 9.78 Å². The maximum absolute atomic E-state index is 13.0. The zero-order valence-electron chi connectivity index (χ0n) is 17.1. The third kappa shape index (κ3) is 3.31. The van der Waals surface area contributed by atoms with Crippen molar-refractivity contribution in [2.45, 2.75) is 0 Å². The average Bonchev–Trinajstić information content (AvgIpc) is 2.83. The second-order valence-corrected chi connectivity index (χ2v) is 7.72. The number of fused-ring (bicyclic) bond motifs is 1. The number of hydrogen-bond acceptors (Lipinski definition) is 4. The van der Waals surface area contributed by atoms with Crippen LogP contribution in [0.4, 0.5) is 0 Å². The van der Waals surface area contributed by atoms with Crippen molar-refractivity contribution in [3.05, 3.63) is 111 Å². The zero-order chi connectivity index (χ0) is 22.2. The molecule has 2 aliphatic rings. The SMILES string of the molecule is Cn1c(=O)nc2n(-c3ccc(Cl)cc3)c(-c3ccccc3)c(-c3ccccc3)nc-2c1=O. The van der Waals surface area contributed by atoms with Gasteiger partial charge in [-0.05, 0) is 24.3 Å². The second-order valence-electron chi connectivity index (χ2n) is 7.28. The van der Waals surface area contributed by atoms with Crippen LogP contribution in [-0.2, 0) is 7.05 Å². The van der Waals surface area contributed by atoms with Crippen molar-refractivity contribution in [2.75, 3.05) is 0 Å². The first-order valence-electron chi connectivity index (χ1n) is 9.95. The lowest BCUT2D eigenvalue weighted by molar-refractivity contribution is 0.755. The fraction of sp³-hybridized carbons (Fsp3) is 0.0400. The normalized spacial score (nSPS) is 11.1. The van der Waals surface area contributed by atoms with Crippen LogP contribution in [0.1, 0.15) is 0 Å². The molecule has 3 aromatic carbocycles. The van der Waals surface area contributed by atoms with Crippen molar-refractivity contribution in [3.8, 4) is 39.7 Å². The van der Waals surface area contributed by atoms with Crippen molar-refractivity contribution in [1.82, 2.24) is 19.1 Å². The summed E-state index contributed by atoms with van der Waals surface area (Å²) in [6.07, 6.45) is 0. The number of rotatable bonds is 3. The Kier molecular flexibility index (Phi) is 4.92. The topological polar surface area (TPSA) is 69.8 Å². The Balaban J connectivity index is 2.03. The predicted molar refractivity (Wildman–Crippen MR) is 125 cm³/mol. The van der Waals surface area contributed by atoms with Gasteiger partial charge in [0, 0.05) is 28.9 Å². The fourth-order valence-corrected chi connectivity index (χ4v) is 3.82. The summed E-state index contributed by atoms with van der Waals surface area (Å²) in [4.78, 5) is 34.5. The molecule has 0 N–H and O–H groups in total. The Morgan fingerprint density at radius 1 is 0.719 bits per heavy atom. The Bertz CT molecular complexity index is 1510. The number of aromatic nitrogens is 4. The largest absolute Gasteiger partial charge is 0.352 e. The molecule has 2 aliphatic heterocycles. The first-order valence-corrected chi connectivity index (χ1v) is 10.3. The maximum Gasteiger partial charge on any atom is 0.352 e. The van der Waals surface area contributed by atoms with E-state index in [9.17, 15) is 9.59 Å². The minimum Gasteiger partial charge on any atom is -0.290 e. The highest BCUT2D eigenvalue weighted by Gasteiger charge is 2.26. The molecular weight excluding hydrogens is 424 g/mol. The lowest BCUT2D eigenvalue weighted by Gasteiger charge is -2.22. The molecule has 0 aromatic heterocycles. The van der Waals surface area contributed by atoms with Gasteiger partial charge in [-0.1, -0.05) is 72.3 Å². The second kappa shape index (κ2) is 7.90. The van der Waals surface area contributed by atoms with Gasteiger partial charge in [0.15, 0.2) is 11.5 Å². The molecule has 6 nitrogen and oxygen atoms in total. The third-order valence-electron chi connectivity index (χ3n) is 5.27. The van der Waals surface area contributed by atoms with E-state index in [4.69, 9.17) is 16.6 Å². The van der Waals surface area contributed by atoms with E-state index in [1.807, 2.05) is 72.8 Å². The quantitative estimate of drug-likeness (QED) is 0.416. The molecule has 2 heterocycles. The highest BCUT2D eigenvalue weighted by molar-refractivity contribution is 6.30. The molecule has 0 bridgehead atoms. The van der Waals surface area contributed by atoms with E-state index in [0.717, 1.165) is 15.7 Å². The Morgan fingerprint density at radius 2 is 1.31 bits per heavy atom. The number of benzene rings is 3. The minimum absolute atomic E-state index is 0.112. The standard InChI is InChI=1S/C25H17ClN4O2/c1-29-24(31)21-23(28-25(29)32)30(19-14-12-18(26)13-15-19)22(17-10-6-3-7-11-17)20(27-21)16-8-4-2-5-9-16/h2-15H,1H3. The molecular formula is C25H17ClN4O2. The Morgan fingerprint density at radius 3 is 1.94 bits per heavy atom. The summed E-state index contributed by atoms with van der Waals surface area (Å²) in [6, 6.07) is 26.5. The van der Waals surface area contributed by atoms with Crippen molar-refractivity contribution >= 4 is 11.6 Å². The van der Waals surface area contributed by atoms with E-state index in [1.54, 1.807) is 16.7 Å². The summed E-state index contributed by atoms with van der Waals surface area (Å²) in [7, 11) is 1.40. The first kappa shape index (κ1) is 19.9. The van der Waals surface area contributed by atoms with E-state index in [2.05, 4.69) is 4.98 Å². The smallest absolute Gasteiger partial charge is 0.290 e.